The molecule has 0 amide bonds. The van der Waals surface area contributed by atoms with Crippen LogP contribution in [-0.4, -0.2) is 40.7 Å². The Morgan fingerprint density at radius 3 is 1.60 bits per heavy atom. The van der Waals surface area contributed by atoms with Crippen molar-refractivity contribution in [2.75, 3.05) is 7.05 Å². The van der Waals surface area contributed by atoms with E-state index in [4.69, 9.17) is 0 Å². The Labute approximate surface area is 125 Å². The van der Waals surface area contributed by atoms with Crippen molar-refractivity contribution in [3.8, 4) is 0 Å². The van der Waals surface area contributed by atoms with Gasteiger partial charge in [-0.3, -0.25) is 0 Å². The van der Waals surface area contributed by atoms with Crippen LogP contribution in [-0.2, 0) is 14.8 Å². The molecule has 0 bridgehead atoms. The minimum Gasteiger partial charge on any atom is -0.244 e. The highest BCUT2D eigenvalue weighted by Crippen LogP contribution is 2.49. The minimum atomic E-state index is -6.48. The van der Waals surface area contributed by atoms with Crippen LogP contribution < -0.4 is 0 Å². The van der Waals surface area contributed by atoms with Crippen molar-refractivity contribution >= 4 is 44.4 Å². The quantitative estimate of drug-likeness (QED) is 0.259. The Bertz CT molecular complexity index is 463. The van der Waals surface area contributed by atoms with Crippen LogP contribution >= 0.6 is 34.4 Å². The summed E-state index contributed by atoms with van der Waals surface area (Å²) in [4.78, 5) is 0. The third-order valence-electron chi connectivity index (χ3n) is 1.58. The second kappa shape index (κ2) is 5.51. The fourth-order valence-electron chi connectivity index (χ4n) is 0.586. The van der Waals surface area contributed by atoms with E-state index in [1.807, 2.05) is 0 Å². The molecule has 0 radical (unpaired) electrons. The van der Waals surface area contributed by atoms with Gasteiger partial charge in [-0.05, 0) is 11.8 Å². The summed E-state index contributed by atoms with van der Waals surface area (Å²) in [6.07, 6.45) is -12.5. The van der Waals surface area contributed by atoms with Gasteiger partial charge in [-0.1, -0.05) is 0 Å². The first-order valence-corrected chi connectivity index (χ1v) is 6.80. The van der Waals surface area contributed by atoms with Gasteiger partial charge < -0.3 is 0 Å². The highest BCUT2D eigenvalue weighted by atomic mass is 127. The summed E-state index contributed by atoms with van der Waals surface area (Å²) in [7, 11) is -6.17. The first-order valence-electron chi connectivity index (χ1n) is 3.95. The molecule has 0 heterocycles. The van der Waals surface area contributed by atoms with E-state index in [0.717, 1.165) is 0 Å². The van der Waals surface area contributed by atoms with Crippen molar-refractivity contribution in [3.05, 3.63) is 0 Å². The van der Waals surface area contributed by atoms with E-state index < -0.39 is 35.2 Å². The van der Waals surface area contributed by atoms with E-state index in [1.165, 1.54) is 0 Å². The summed E-state index contributed by atoms with van der Waals surface area (Å²) in [6, 6.07) is 0. The fourth-order valence-corrected chi connectivity index (χ4v) is 1.61. The first-order chi connectivity index (χ1) is 8.40. The smallest absolute Gasteiger partial charge is 0.244 e. The topological polar surface area (TPSA) is 46.6 Å². The number of alkyl halides is 9. The summed E-state index contributed by atoms with van der Waals surface area (Å²) in [5, 5.41) is -6.32. The number of ether oxygens (including phenoxy) is 1. The molecule has 15 heteroatoms. The lowest BCUT2D eigenvalue weighted by Crippen LogP contribution is -2.56. The summed E-state index contributed by atoms with van der Waals surface area (Å²) in [6.45, 7) is 0. The van der Waals surface area contributed by atoms with Crippen LogP contribution in [0, 0.1) is 0 Å². The van der Waals surface area contributed by atoms with Gasteiger partial charge in [0.1, 0.15) is 0 Å². The standard InChI is InChI=1S/C5H3ClF8INO3S/c1-16(6)20(17,18)5(13,14)4(11,12)19-3(9,10)2(7,8)15/h1H3. The zero-order chi connectivity index (χ0) is 16.8. The Balaban J connectivity index is 5.67. The van der Waals surface area contributed by atoms with Crippen LogP contribution in [0.5, 0.6) is 0 Å². The molecule has 0 atom stereocenters. The normalized spacial score (nSPS) is 15.8. The molecule has 0 aromatic heterocycles. The number of rotatable bonds is 6. The molecule has 0 aromatic rings. The van der Waals surface area contributed by atoms with Gasteiger partial charge in [-0.15, -0.1) is 3.82 Å². The highest BCUT2D eigenvalue weighted by molar-refractivity contribution is 14.1. The number of sulfonamides is 1. The van der Waals surface area contributed by atoms with E-state index in [-0.39, 0.29) is 29.6 Å². The molecule has 0 aliphatic heterocycles. The third-order valence-corrected chi connectivity index (χ3v) is 4.30. The molecular weight excluding hydrogens is 468 g/mol. The summed E-state index contributed by atoms with van der Waals surface area (Å²) >= 11 is 4.21. The highest BCUT2D eigenvalue weighted by Gasteiger charge is 2.74. The van der Waals surface area contributed by atoms with Gasteiger partial charge in [0.2, 0.25) is 0 Å². The molecular formula is C5H3ClF8INO3S. The Morgan fingerprint density at radius 1 is 1.00 bits per heavy atom. The van der Waals surface area contributed by atoms with Crippen LogP contribution in [0.1, 0.15) is 0 Å². The van der Waals surface area contributed by atoms with Crippen LogP contribution in [0.25, 0.3) is 0 Å². The zero-order valence-corrected chi connectivity index (χ0v) is 12.6. The molecule has 0 spiro atoms. The van der Waals surface area contributed by atoms with Gasteiger partial charge in [0, 0.05) is 29.6 Å². The Morgan fingerprint density at radius 2 is 1.35 bits per heavy atom. The molecule has 0 unspecified atom stereocenters. The molecule has 0 N–H and O–H groups in total. The first kappa shape index (κ1) is 20.3. The predicted octanol–water partition coefficient (Wildman–Crippen LogP) is 3.22. The van der Waals surface area contributed by atoms with E-state index >= 15 is 0 Å². The fraction of sp³-hybridized carbons (Fsp3) is 1.00. The monoisotopic (exact) mass is 471 g/mol. The molecule has 0 aliphatic carbocycles. The lowest BCUT2D eigenvalue weighted by atomic mass is 10.6. The van der Waals surface area contributed by atoms with Crippen molar-refractivity contribution in [3.63, 3.8) is 0 Å². The van der Waals surface area contributed by atoms with Gasteiger partial charge in [-0.25, -0.2) is 13.2 Å². The second-order valence-corrected chi connectivity index (χ2v) is 7.12. The van der Waals surface area contributed by atoms with E-state index in [9.17, 15) is 43.5 Å². The molecule has 0 fully saturated rings. The Kier molecular flexibility index (Phi) is 5.60. The van der Waals surface area contributed by atoms with Crippen LogP contribution in [0.15, 0.2) is 0 Å². The Hall–Kier alpha value is 0.330. The molecule has 20 heavy (non-hydrogen) atoms. The van der Waals surface area contributed by atoms with Gasteiger partial charge >= 0.3 is 31.4 Å². The van der Waals surface area contributed by atoms with Crippen molar-refractivity contribution in [1.29, 1.82) is 0 Å². The van der Waals surface area contributed by atoms with E-state index in [1.54, 1.807) is 0 Å². The SMILES string of the molecule is CN(Cl)S(=O)(=O)C(F)(F)C(F)(F)OC(F)(F)C(F)(F)I. The van der Waals surface area contributed by atoms with Crippen LogP contribution in [0.4, 0.5) is 35.1 Å². The molecule has 0 aromatic carbocycles. The van der Waals surface area contributed by atoms with E-state index in [0.29, 0.717) is 0 Å². The molecule has 0 saturated carbocycles. The molecule has 0 aliphatic rings. The summed E-state index contributed by atoms with van der Waals surface area (Å²) in [5.41, 5.74) is 0. The molecule has 0 saturated heterocycles. The maximum atomic E-state index is 13.0. The summed E-state index contributed by atoms with van der Waals surface area (Å²) in [5.74, 6) is 0. The van der Waals surface area contributed by atoms with E-state index in [2.05, 4.69) is 16.5 Å². The number of halogens is 10. The number of nitrogens with zero attached hydrogens (tertiary/aromatic N) is 1. The maximum absolute atomic E-state index is 13.0. The zero-order valence-electron chi connectivity index (χ0n) is 8.86. The number of hydrogen-bond donors (Lipinski definition) is 0. The van der Waals surface area contributed by atoms with Gasteiger partial charge in [0.25, 0.3) is 0 Å². The van der Waals surface area contributed by atoms with Crippen LogP contribution in [0.2, 0.25) is 0 Å². The van der Waals surface area contributed by atoms with Crippen molar-refractivity contribution in [2.45, 2.75) is 21.4 Å². The van der Waals surface area contributed by atoms with Gasteiger partial charge in [0.05, 0.1) is 0 Å². The average Bonchev–Trinajstić information content (AvgIpc) is 2.12. The van der Waals surface area contributed by atoms with Crippen molar-refractivity contribution < 1.29 is 48.3 Å². The second-order valence-electron chi connectivity index (χ2n) is 3.05. The van der Waals surface area contributed by atoms with Gasteiger partial charge in [0.15, 0.2) is 0 Å². The lowest BCUT2D eigenvalue weighted by molar-refractivity contribution is -0.438. The molecule has 0 rings (SSSR count). The number of hydrogen-bond acceptors (Lipinski definition) is 3. The predicted molar refractivity (Wildman–Crippen MR) is 57.4 cm³/mol. The van der Waals surface area contributed by atoms with Crippen molar-refractivity contribution in [1.82, 2.24) is 3.82 Å². The maximum Gasteiger partial charge on any atom is 0.450 e. The third kappa shape index (κ3) is 3.56. The average molecular weight is 471 g/mol. The molecule has 122 valence electrons. The van der Waals surface area contributed by atoms with Gasteiger partial charge in [-0.2, -0.15) is 35.1 Å². The largest absolute Gasteiger partial charge is 0.450 e. The van der Waals surface area contributed by atoms with Crippen molar-refractivity contribution in [2.24, 2.45) is 0 Å². The minimum absolute atomic E-state index is 0.173. The lowest BCUT2D eigenvalue weighted by Gasteiger charge is -2.31. The molecule has 4 nitrogen and oxygen atoms in total. The van der Waals surface area contributed by atoms with Crippen LogP contribution in [0.3, 0.4) is 0 Å². The summed E-state index contributed by atoms with van der Waals surface area (Å²) < 4.78 is 118.